The van der Waals surface area contributed by atoms with E-state index < -0.39 is 0 Å². The number of fused-ring (bicyclic) bond motifs is 1. The molecule has 0 aliphatic heterocycles. The molecule has 0 saturated carbocycles. The molecule has 19 heavy (non-hydrogen) atoms. The molecule has 1 atom stereocenters. The molecule has 5 heteroatoms. The molecule has 0 spiro atoms. The second-order valence-corrected chi connectivity index (χ2v) is 5.19. The van der Waals surface area contributed by atoms with Gasteiger partial charge >= 0.3 is 0 Å². The Kier molecular flexibility index (Phi) is 3.19. The van der Waals surface area contributed by atoms with Crippen LogP contribution >= 0.6 is 23.2 Å². The first-order valence-corrected chi connectivity index (χ1v) is 6.55. The Labute approximate surface area is 120 Å². The Morgan fingerprint density at radius 1 is 1.00 bits per heavy atom. The van der Waals surface area contributed by atoms with Crippen LogP contribution in [0.15, 0.2) is 42.5 Å². The summed E-state index contributed by atoms with van der Waals surface area (Å²) in [6, 6.07) is 12.6. The third-order valence-electron chi connectivity index (χ3n) is 2.99. The quantitative estimate of drug-likeness (QED) is 0.752. The number of aromatic nitrogens is 2. The summed E-state index contributed by atoms with van der Waals surface area (Å²) in [4.78, 5) is 7.68. The Hall–Kier alpha value is -1.55. The first-order valence-electron chi connectivity index (χ1n) is 5.80. The monoisotopic (exact) mass is 291 g/mol. The largest absolute Gasteiger partial charge is 0.340 e. The van der Waals surface area contributed by atoms with E-state index in [0.717, 1.165) is 16.6 Å². The number of H-pyrrole nitrogens is 1. The van der Waals surface area contributed by atoms with Crippen LogP contribution in [-0.2, 0) is 0 Å². The van der Waals surface area contributed by atoms with E-state index >= 15 is 0 Å². The number of nitrogens with zero attached hydrogens (tertiary/aromatic N) is 1. The Bertz CT molecular complexity index is 719. The fraction of sp³-hybridized carbons (Fsp3) is 0.0714. The molecule has 3 nitrogen and oxygen atoms in total. The Balaban J connectivity index is 2.01. The van der Waals surface area contributed by atoms with Gasteiger partial charge in [-0.05, 0) is 35.9 Å². The number of rotatable bonds is 2. The zero-order chi connectivity index (χ0) is 13.4. The molecule has 3 N–H and O–H groups in total. The molecule has 0 saturated heterocycles. The molecule has 0 bridgehead atoms. The van der Waals surface area contributed by atoms with Gasteiger partial charge in [-0.1, -0.05) is 35.3 Å². The molecule has 0 fully saturated rings. The maximum absolute atomic E-state index is 6.20. The maximum Gasteiger partial charge on any atom is 0.128 e. The van der Waals surface area contributed by atoms with Crippen LogP contribution in [0, 0.1) is 0 Å². The second-order valence-electron chi connectivity index (χ2n) is 4.31. The van der Waals surface area contributed by atoms with Gasteiger partial charge in [0.25, 0.3) is 0 Å². The van der Waals surface area contributed by atoms with Gasteiger partial charge in [0.15, 0.2) is 0 Å². The average Bonchev–Trinajstić information content (AvgIpc) is 2.81. The van der Waals surface area contributed by atoms with Crippen molar-refractivity contribution in [2.24, 2.45) is 5.73 Å². The smallest absolute Gasteiger partial charge is 0.128 e. The number of hydrogen-bond donors (Lipinski definition) is 2. The van der Waals surface area contributed by atoms with Crippen LogP contribution in [0.3, 0.4) is 0 Å². The number of hydrogen-bond acceptors (Lipinski definition) is 2. The van der Waals surface area contributed by atoms with Crippen LogP contribution in [0.5, 0.6) is 0 Å². The van der Waals surface area contributed by atoms with Gasteiger partial charge in [0, 0.05) is 10.0 Å². The highest BCUT2D eigenvalue weighted by Gasteiger charge is 2.13. The van der Waals surface area contributed by atoms with Crippen LogP contribution in [-0.4, -0.2) is 9.97 Å². The fourth-order valence-electron chi connectivity index (χ4n) is 1.97. The van der Waals surface area contributed by atoms with Crippen LogP contribution in [0.4, 0.5) is 0 Å². The van der Waals surface area contributed by atoms with Gasteiger partial charge in [-0.3, -0.25) is 0 Å². The predicted molar refractivity (Wildman–Crippen MR) is 78.6 cm³/mol. The van der Waals surface area contributed by atoms with Gasteiger partial charge in [-0.2, -0.15) is 0 Å². The van der Waals surface area contributed by atoms with E-state index in [0.29, 0.717) is 15.9 Å². The number of halogens is 2. The van der Waals surface area contributed by atoms with Crippen LogP contribution < -0.4 is 5.73 Å². The summed E-state index contributed by atoms with van der Waals surface area (Å²) in [6.45, 7) is 0. The van der Waals surface area contributed by atoms with Gasteiger partial charge < -0.3 is 10.7 Å². The number of imidazole rings is 1. The van der Waals surface area contributed by atoms with Crippen molar-refractivity contribution in [1.82, 2.24) is 9.97 Å². The third kappa shape index (κ3) is 2.45. The molecule has 1 aromatic heterocycles. The van der Waals surface area contributed by atoms with Gasteiger partial charge in [-0.15, -0.1) is 0 Å². The summed E-state index contributed by atoms with van der Waals surface area (Å²) in [7, 11) is 0. The SMILES string of the molecule is NC(c1ccc(Cl)cc1)c1nc2cc(Cl)ccc2[nH]1. The average molecular weight is 292 g/mol. The first-order chi connectivity index (χ1) is 9.13. The van der Waals surface area contributed by atoms with Gasteiger partial charge in [-0.25, -0.2) is 4.98 Å². The van der Waals surface area contributed by atoms with Crippen molar-refractivity contribution >= 4 is 34.2 Å². The zero-order valence-electron chi connectivity index (χ0n) is 9.90. The molecule has 2 aromatic carbocycles. The van der Waals surface area contributed by atoms with E-state index in [2.05, 4.69) is 9.97 Å². The minimum Gasteiger partial charge on any atom is -0.340 e. The summed E-state index contributed by atoms with van der Waals surface area (Å²) >= 11 is 11.8. The molecule has 1 heterocycles. The van der Waals surface area contributed by atoms with Crippen molar-refractivity contribution in [1.29, 1.82) is 0 Å². The lowest BCUT2D eigenvalue weighted by Gasteiger charge is -2.08. The van der Waals surface area contributed by atoms with E-state index in [1.54, 1.807) is 0 Å². The van der Waals surface area contributed by atoms with Crippen molar-refractivity contribution < 1.29 is 0 Å². The minimum absolute atomic E-state index is 0.316. The molecule has 0 aliphatic rings. The molecule has 0 aliphatic carbocycles. The third-order valence-corrected chi connectivity index (χ3v) is 3.47. The molecule has 0 amide bonds. The summed E-state index contributed by atoms with van der Waals surface area (Å²) in [5.41, 5.74) is 8.88. The Morgan fingerprint density at radius 3 is 2.42 bits per heavy atom. The highest BCUT2D eigenvalue weighted by molar-refractivity contribution is 6.31. The van der Waals surface area contributed by atoms with Crippen LogP contribution in [0.25, 0.3) is 11.0 Å². The fourth-order valence-corrected chi connectivity index (χ4v) is 2.27. The van der Waals surface area contributed by atoms with Crippen molar-refractivity contribution in [3.63, 3.8) is 0 Å². The number of nitrogens with two attached hydrogens (primary N) is 1. The van der Waals surface area contributed by atoms with Crippen LogP contribution in [0.1, 0.15) is 17.4 Å². The van der Waals surface area contributed by atoms with Crippen molar-refractivity contribution in [2.45, 2.75) is 6.04 Å². The van der Waals surface area contributed by atoms with Gasteiger partial charge in [0.1, 0.15) is 5.82 Å². The van der Waals surface area contributed by atoms with E-state index in [9.17, 15) is 0 Å². The highest BCUT2D eigenvalue weighted by Crippen LogP contribution is 2.23. The van der Waals surface area contributed by atoms with Gasteiger partial charge in [0.05, 0.1) is 17.1 Å². The number of nitrogens with one attached hydrogen (secondary N) is 1. The lowest BCUT2D eigenvalue weighted by molar-refractivity contribution is 0.806. The van der Waals surface area contributed by atoms with Crippen LogP contribution in [0.2, 0.25) is 10.0 Å². The maximum atomic E-state index is 6.20. The molecular formula is C14H11Cl2N3. The van der Waals surface area contributed by atoms with Gasteiger partial charge in [0.2, 0.25) is 0 Å². The first kappa shape index (κ1) is 12.5. The molecule has 3 aromatic rings. The van der Waals surface area contributed by atoms with E-state index in [1.165, 1.54) is 0 Å². The lowest BCUT2D eigenvalue weighted by atomic mass is 10.1. The number of aromatic amines is 1. The van der Waals surface area contributed by atoms with Crippen molar-refractivity contribution in [2.75, 3.05) is 0 Å². The molecular weight excluding hydrogens is 281 g/mol. The van der Waals surface area contributed by atoms with E-state index in [-0.39, 0.29) is 6.04 Å². The second kappa shape index (κ2) is 4.85. The lowest BCUT2D eigenvalue weighted by Crippen LogP contribution is -2.13. The predicted octanol–water partition coefficient (Wildman–Crippen LogP) is 3.92. The molecule has 96 valence electrons. The normalized spacial score (nSPS) is 12.8. The zero-order valence-corrected chi connectivity index (χ0v) is 11.4. The molecule has 1 unspecified atom stereocenters. The van der Waals surface area contributed by atoms with E-state index in [1.807, 2.05) is 42.5 Å². The highest BCUT2D eigenvalue weighted by atomic mass is 35.5. The minimum atomic E-state index is -0.316. The summed E-state index contributed by atoms with van der Waals surface area (Å²) in [6.07, 6.45) is 0. The van der Waals surface area contributed by atoms with E-state index in [4.69, 9.17) is 28.9 Å². The van der Waals surface area contributed by atoms with Crippen molar-refractivity contribution in [3.05, 3.63) is 63.9 Å². The summed E-state index contributed by atoms with van der Waals surface area (Å²) < 4.78 is 0. The van der Waals surface area contributed by atoms with Crippen molar-refractivity contribution in [3.8, 4) is 0 Å². The standard InChI is InChI=1S/C14H11Cl2N3/c15-9-3-1-8(2-4-9)13(17)14-18-11-6-5-10(16)7-12(11)19-14/h1-7,13H,17H2,(H,18,19). The Morgan fingerprint density at radius 2 is 1.68 bits per heavy atom. The number of benzene rings is 2. The summed E-state index contributed by atoms with van der Waals surface area (Å²) in [5, 5.41) is 1.35. The summed E-state index contributed by atoms with van der Waals surface area (Å²) in [5.74, 6) is 0.708. The molecule has 3 rings (SSSR count). The molecule has 0 radical (unpaired) electrons. The topological polar surface area (TPSA) is 54.7 Å².